The first-order valence-electron chi connectivity index (χ1n) is 9.95. The summed E-state index contributed by atoms with van der Waals surface area (Å²) in [7, 11) is 0. The van der Waals surface area contributed by atoms with Crippen LogP contribution in [0.4, 0.5) is 5.69 Å². The third-order valence-corrected chi connectivity index (χ3v) is 7.49. The van der Waals surface area contributed by atoms with Gasteiger partial charge in [-0.3, -0.25) is 14.4 Å². The molecule has 2 unspecified atom stereocenters. The fourth-order valence-electron chi connectivity index (χ4n) is 3.64. The van der Waals surface area contributed by atoms with Crippen molar-refractivity contribution in [1.82, 2.24) is 9.97 Å². The Bertz CT molecular complexity index is 1180. The van der Waals surface area contributed by atoms with Gasteiger partial charge in [0.2, 0.25) is 5.91 Å². The SMILES string of the molecule is CC(=O)c1ccc(NC(=O)C(C)Sc2nc3sc4c(c3c(=O)[nH]2)CCC(C)C4)cc1. The average Bonchev–Trinajstić information content (AvgIpc) is 3.05. The zero-order valence-corrected chi connectivity index (χ0v) is 18.7. The van der Waals surface area contributed by atoms with Crippen molar-refractivity contribution in [1.29, 1.82) is 0 Å². The minimum Gasteiger partial charge on any atom is -0.325 e. The fraction of sp³-hybridized carbons (Fsp3) is 0.364. The molecule has 1 aromatic carbocycles. The van der Waals surface area contributed by atoms with Gasteiger partial charge in [0.25, 0.3) is 5.56 Å². The zero-order valence-electron chi connectivity index (χ0n) is 17.1. The van der Waals surface area contributed by atoms with E-state index < -0.39 is 5.25 Å². The number of fused-ring (bicyclic) bond motifs is 3. The van der Waals surface area contributed by atoms with E-state index in [0.717, 1.165) is 29.7 Å². The summed E-state index contributed by atoms with van der Waals surface area (Å²) in [6.07, 6.45) is 3.02. The molecule has 2 aromatic heterocycles. The summed E-state index contributed by atoms with van der Waals surface area (Å²) >= 11 is 2.83. The van der Waals surface area contributed by atoms with Gasteiger partial charge in [-0.1, -0.05) is 18.7 Å². The third kappa shape index (κ3) is 4.20. The van der Waals surface area contributed by atoms with E-state index >= 15 is 0 Å². The van der Waals surface area contributed by atoms with Crippen molar-refractivity contribution in [3.8, 4) is 0 Å². The van der Waals surface area contributed by atoms with E-state index in [9.17, 15) is 14.4 Å². The summed E-state index contributed by atoms with van der Waals surface area (Å²) < 4.78 is 0. The van der Waals surface area contributed by atoms with Crippen molar-refractivity contribution in [2.45, 2.75) is 50.4 Å². The number of anilines is 1. The highest BCUT2D eigenvalue weighted by Gasteiger charge is 2.24. The number of thioether (sulfide) groups is 1. The van der Waals surface area contributed by atoms with Gasteiger partial charge in [0.1, 0.15) is 4.83 Å². The molecule has 4 rings (SSSR count). The van der Waals surface area contributed by atoms with Crippen LogP contribution < -0.4 is 10.9 Å². The molecule has 0 saturated heterocycles. The van der Waals surface area contributed by atoms with Crippen LogP contribution in [0.15, 0.2) is 34.2 Å². The van der Waals surface area contributed by atoms with Crippen LogP contribution in [0.2, 0.25) is 0 Å². The molecule has 2 N–H and O–H groups in total. The summed E-state index contributed by atoms with van der Waals surface area (Å²) in [4.78, 5) is 46.2. The Morgan fingerprint density at radius 3 is 2.73 bits per heavy atom. The summed E-state index contributed by atoms with van der Waals surface area (Å²) in [6, 6.07) is 6.77. The lowest BCUT2D eigenvalue weighted by molar-refractivity contribution is -0.115. The van der Waals surface area contributed by atoms with Gasteiger partial charge in [-0.05, 0) is 68.9 Å². The predicted molar refractivity (Wildman–Crippen MR) is 122 cm³/mol. The monoisotopic (exact) mass is 441 g/mol. The van der Waals surface area contributed by atoms with E-state index in [1.165, 1.54) is 23.6 Å². The van der Waals surface area contributed by atoms with Gasteiger partial charge in [-0.2, -0.15) is 0 Å². The molecule has 8 heteroatoms. The number of hydrogen-bond donors (Lipinski definition) is 2. The number of carbonyl (C=O) groups is 2. The van der Waals surface area contributed by atoms with Crippen LogP contribution in [0, 0.1) is 5.92 Å². The quantitative estimate of drug-likeness (QED) is 0.347. The van der Waals surface area contributed by atoms with Crippen molar-refractivity contribution >= 4 is 50.7 Å². The number of Topliss-reactive ketones (excluding diaryl/α,β-unsaturated/α-hetero) is 1. The Morgan fingerprint density at radius 2 is 2.03 bits per heavy atom. The minimum absolute atomic E-state index is 0.0214. The van der Waals surface area contributed by atoms with Crippen LogP contribution >= 0.6 is 23.1 Å². The second kappa shape index (κ2) is 8.35. The molecular weight excluding hydrogens is 418 g/mol. The smallest absolute Gasteiger partial charge is 0.260 e. The molecule has 2 atom stereocenters. The number of amides is 1. The maximum absolute atomic E-state index is 12.7. The molecule has 156 valence electrons. The molecular formula is C22H23N3O3S2. The lowest BCUT2D eigenvalue weighted by Gasteiger charge is -2.17. The molecule has 0 radical (unpaired) electrons. The molecule has 1 aliphatic rings. The number of aryl methyl sites for hydroxylation is 1. The number of ketones is 1. The summed E-state index contributed by atoms with van der Waals surface area (Å²) in [5.74, 6) is 0.413. The third-order valence-electron chi connectivity index (χ3n) is 5.36. The number of benzene rings is 1. The highest BCUT2D eigenvalue weighted by atomic mass is 32.2. The standard InChI is InChI=1S/C22H23N3O3S2/c1-11-4-9-16-17(10-11)30-21-18(16)20(28)24-22(25-21)29-13(3)19(27)23-15-7-5-14(6-8-15)12(2)26/h5-8,11,13H,4,9-10H2,1-3H3,(H,23,27)(H,24,25,28). The molecule has 0 aliphatic heterocycles. The van der Waals surface area contributed by atoms with Crippen molar-refractivity contribution in [3.05, 3.63) is 50.6 Å². The van der Waals surface area contributed by atoms with Gasteiger partial charge in [-0.25, -0.2) is 4.98 Å². The summed E-state index contributed by atoms with van der Waals surface area (Å²) in [5.41, 5.74) is 2.24. The van der Waals surface area contributed by atoms with E-state index in [1.807, 2.05) is 0 Å². The van der Waals surface area contributed by atoms with Gasteiger partial charge >= 0.3 is 0 Å². The fourth-order valence-corrected chi connectivity index (χ4v) is 5.88. The summed E-state index contributed by atoms with van der Waals surface area (Å²) in [5, 5.41) is 3.55. The van der Waals surface area contributed by atoms with Gasteiger partial charge in [-0.15, -0.1) is 11.3 Å². The summed E-state index contributed by atoms with van der Waals surface area (Å²) in [6.45, 7) is 5.51. The van der Waals surface area contributed by atoms with E-state index in [1.54, 1.807) is 42.5 Å². The maximum Gasteiger partial charge on any atom is 0.260 e. The Balaban J connectivity index is 1.50. The average molecular weight is 442 g/mol. The van der Waals surface area contributed by atoms with Crippen LogP contribution in [0.25, 0.3) is 10.2 Å². The van der Waals surface area contributed by atoms with E-state index in [4.69, 9.17) is 0 Å². The number of thiophene rings is 1. The number of carbonyl (C=O) groups excluding carboxylic acids is 2. The molecule has 0 bridgehead atoms. The second-order valence-corrected chi connectivity index (χ2v) is 10.2. The number of H-pyrrole nitrogens is 1. The van der Waals surface area contributed by atoms with Gasteiger partial charge < -0.3 is 10.3 Å². The maximum atomic E-state index is 12.7. The Morgan fingerprint density at radius 1 is 1.30 bits per heavy atom. The van der Waals surface area contributed by atoms with Crippen LogP contribution in [0.5, 0.6) is 0 Å². The molecule has 6 nitrogen and oxygen atoms in total. The first-order valence-corrected chi connectivity index (χ1v) is 11.6. The largest absolute Gasteiger partial charge is 0.325 e. The number of aromatic amines is 1. The van der Waals surface area contributed by atoms with Crippen LogP contribution in [0.1, 0.15) is 48.0 Å². The second-order valence-electron chi connectivity index (χ2n) is 7.79. The van der Waals surface area contributed by atoms with E-state index in [2.05, 4.69) is 22.2 Å². The molecule has 2 heterocycles. The normalized spacial score (nSPS) is 16.8. The first-order chi connectivity index (χ1) is 14.3. The van der Waals surface area contributed by atoms with Crippen molar-refractivity contribution < 1.29 is 9.59 Å². The van der Waals surface area contributed by atoms with Gasteiger partial charge in [0.05, 0.1) is 10.6 Å². The first kappa shape index (κ1) is 20.8. The molecule has 1 amide bonds. The van der Waals surface area contributed by atoms with E-state index in [0.29, 0.717) is 27.7 Å². The molecule has 0 saturated carbocycles. The van der Waals surface area contributed by atoms with Crippen molar-refractivity contribution in [2.24, 2.45) is 5.92 Å². The lowest BCUT2D eigenvalue weighted by Crippen LogP contribution is -2.23. The number of hydrogen-bond acceptors (Lipinski definition) is 6. The van der Waals surface area contributed by atoms with Crippen LogP contribution in [0.3, 0.4) is 0 Å². The predicted octanol–water partition coefficient (Wildman–Crippen LogP) is 4.43. The molecule has 0 fully saturated rings. The number of nitrogens with zero attached hydrogens (tertiary/aromatic N) is 1. The highest BCUT2D eigenvalue weighted by Crippen LogP contribution is 2.36. The van der Waals surface area contributed by atoms with Crippen LogP contribution in [-0.2, 0) is 17.6 Å². The number of rotatable bonds is 5. The molecule has 0 spiro atoms. The van der Waals surface area contributed by atoms with Gasteiger partial charge in [0, 0.05) is 16.1 Å². The number of aromatic nitrogens is 2. The zero-order chi connectivity index (χ0) is 21.4. The highest BCUT2D eigenvalue weighted by molar-refractivity contribution is 8.00. The topological polar surface area (TPSA) is 91.9 Å². The molecule has 30 heavy (non-hydrogen) atoms. The van der Waals surface area contributed by atoms with Crippen LogP contribution in [-0.4, -0.2) is 26.9 Å². The van der Waals surface area contributed by atoms with E-state index in [-0.39, 0.29) is 17.2 Å². The van der Waals surface area contributed by atoms with Crippen molar-refractivity contribution in [2.75, 3.05) is 5.32 Å². The number of nitrogens with one attached hydrogen (secondary N) is 2. The lowest BCUT2D eigenvalue weighted by atomic mass is 9.89. The van der Waals surface area contributed by atoms with Crippen molar-refractivity contribution in [3.63, 3.8) is 0 Å². The Kier molecular flexibility index (Phi) is 5.79. The molecule has 3 aromatic rings. The van der Waals surface area contributed by atoms with Gasteiger partial charge in [0.15, 0.2) is 10.9 Å². The minimum atomic E-state index is -0.451. The molecule has 1 aliphatic carbocycles. The Hall–Kier alpha value is -2.45. The Labute approximate surface area is 182 Å².